The fraction of sp³-hybridized carbons (Fsp3) is 0.228. The number of hydrogen-bond acceptors (Lipinski definition) is 1. The predicted molar refractivity (Wildman–Crippen MR) is 242 cm³/mol. The second-order valence-corrected chi connectivity index (χ2v) is 18.9. The lowest BCUT2D eigenvalue weighted by Gasteiger charge is -2.61. The molecule has 0 N–H and O–H groups in total. The summed E-state index contributed by atoms with van der Waals surface area (Å²) in [5, 5.41) is 5.12. The van der Waals surface area contributed by atoms with E-state index < -0.39 is 0 Å². The fourth-order valence-electron chi connectivity index (χ4n) is 13.7. The Balaban J connectivity index is 0.957. The van der Waals surface area contributed by atoms with Crippen LogP contribution in [0.4, 0.5) is 17.1 Å². The zero-order chi connectivity index (χ0) is 38.3. The van der Waals surface area contributed by atoms with Gasteiger partial charge in [0.05, 0.1) is 0 Å². The SMILES string of the molecule is CC1(C)c2ccccc2-c2ccc(N(c3ccc(-c4cccc5c4-c4ccccc4C54C5CC6CC(C5)CC4C6)cc3)c3ccc4c(ccc5ccccc54)c3)cc21. The number of rotatable bonds is 4. The summed E-state index contributed by atoms with van der Waals surface area (Å²) < 4.78 is 0. The molecule has 4 fully saturated rings. The van der Waals surface area contributed by atoms with Crippen molar-refractivity contribution in [1.82, 2.24) is 0 Å². The molecule has 8 aromatic carbocycles. The second-order valence-electron chi connectivity index (χ2n) is 18.9. The van der Waals surface area contributed by atoms with Crippen molar-refractivity contribution in [2.24, 2.45) is 23.7 Å². The van der Waals surface area contributed by atoms with Crippen LogP contribution in [-0.2, 0) is 10.8 Å². The monoisotopic (exact) mass is 745 g/mol. The van der Waals surface area contributed by atoms with E-state index in [1.165, 1.54) is 115 Å². The van der Waals surface area contributed by atoms with Crippen molar-refractivity contribution >= 4 is 38.6 Å². The minimum absolute atomic E-state index is 0.0850. The molecule has 4 saturated carbocycles. The van der Waals surface area contributed by atoms with Crippen LogP contribution in [0.2, 0.25) is 0 Å². The summed E-state index contributed by atoms with van der Waals surface area (Å²) in [6.07, 6.45) is 7.12. The van der Waals surface area contributed by atoms with E-state index in [1.807, 2.05) is 0 Å². The van der Waals surface area contributed by atoms with Crippen LogP contribution in [0.15, 0.2) is 164 Å². The molecule has 280 valence electrons. The number of hydrogen-bond donors (Lipinski definition) is 0. The maximum atomic E-state index is 2.52. The summed E-state index contributed by atoms with van der Waals surface area (Å²) >= 11 is 0. The van der Waals surface area contributed by atoms with Gasteiger partial charge in [0.1, 0.15) is 0 Å². The summed E-state index contributed by atoms with van der Waals surface area (Å²) in [5.41, 5.74) is 18.0. The van der Waals surface area contributed by atoms with Crippen molar-refractivity contribution in [1.29, 1.82) is 0 Å². The lowest BCUT2D eigenvalue weighted by molar-refractivity contribution is -0.0399. The lowest BCUT2D eigenvalue weighted by atomic mass is 9.43. The topological polar surface area (TPSA) is 3.24 Å². The van der Waals surface area contributed by atoms with E-state index in [0.717, 1.165) is 23.7 Å². The van der Waals surface area contributed by atoms with Crippen LogP contribution in [0.5, 0.6) is 0 Å². The van der Waals surface area contributed by atoms with Crippen LogP contribution in [0.3, 0.4) is 0 Å². The quantitative estimate of drug-likeness (QED) is 0.162. The largest absolute Gasteiger partial charge is 0.310 e. The van der Waals surface area contributed by atoms with E-state index in [2.05, 4.69) is 183 Å². The molecule has 6 aliphatic rings. The normalized spacial score (nSPS) is 23.9. The van der Waals surface area contributed by atoms with Gasteiger partial charge in [0, 0.05) is 27.9 Å². The molecule has 0 saturated heterocycles. The maximum absolute atomic E-state index is 2.52. The standard InChI is InChI=1S/C57H47N/c1-56(2)51-15-7-5-12-48(51)49-27-25-44(34-54(49)56)58(43-24-26-46-39(33-43)19-18-37-10-3-4-11-45(37)46)42-22-20-38(21-23-42)47-14-9-17-53-55(47)50-13-6-8-16-52(50)57(53)40-29-35-28-36(31-40)32-41(57)30-35/h3-27,33-36,40-41H,28-32H2,1-2H3. The number of nitrogens with zero attached hydrogens (tertiary/aromatic N) is 1. The van der Waals surface area contributed by atoms with Crippen molar-refractivity contribution in [3.8, 4) is 33.4 Å². The van der Waals surface area contributed by atoms with E-state index in [0.29, 0.717) is 0 Å². The number of anilines is 3. The third kappa shape index (κ3) is 4.37. The Kier molecular flexibility index (Phi) is 6.75. The first kappa shape index (κ1) is 33.1. The van der Waals surface area contributed by atoms with Crippen LogP contribution in [-0.4, -0.2) is 0 Å². The zero-order valence-corrected chi connectivity index (χ0v) is 33.4. The van der Waals surface area contributed by atoms with Crippen molar-refractivity contribution in [3.63, 3.8) is 0 Å². The zero-order valence-electron chi connectivity index (χ0n) is 33.4. The number of fused-ring (bicyclic) bond motifs is 9. The van der Waals surface area contributed by atoms with Crippen molar-refractivity contribution in [2.75, 3.05) is 4.90 Å². The summed E-state index contributed by atoms with van der Waals surface area (Å²) in [7, 11) is 0. The molecule has 0 heterocycles. The van der Waals surface area contributed by atoms with Gasteiger partial charge in [0.15, 0.2) is 0 Å². The number of benzene rings is 8. The third-order valence-electron chi connectivity index (χ3n) is 15.8. The van der Waals surface area contributed by atoms with Gasteiger partial charge in [-0.15, -0.1) is 0 Å². The summed E-state index contributed by atoms with van der Waals surface area (Å²) in [6.45, 7) is 4.76. The fourth-order valence-corrected chi connectivity index (χ4v) is 13.7. The molecule has 1 heteroatoms. The second kappa shape index (κ2) is 11.8. The van der Waals surface area contributed by atoms with Gasteiger partial charge in [-0.05, 0) is 169 Å². The van der Waals surface area contributed by atoms with Crippen LogP contribution in [0.25, 0.3) is 54.9 Å². The van der Waals surface area contributed by atoms with Gasteiger partial charge in [-0.2, -0.15) is 0 Å². The first-order chi connectivity index (χ1) is 28.5. The van der Waals surface area contributed by atoms with Crippen LogP contribution in [0.1, 0.15) is 68.2 Å². The molecule has 0 radical (unpaired) electrons. The summed E-state index contributed by atoms with van der Waals surface area (Å²) in [6, 6.07) is 62.8. The molecular formula is C57H47N. The average molecular weight is 746 g/mol. The smallest absolute Gasteiger partial charge is 0.0468 e. The highest BCUT2D eigenvalue weighted by Gasteiger charge is 2.61. The molecule has 4 bridgehead atoms. The molecule has 0 amide bonds. The van der Waals surface area contributed by atoms with E-state index in [-0.39, 0.29) is 10.8 Å². The molecule has 0 atom stereocenters. The van der Waals surface area contributed by atoms with Gasteiger partial charge in [-0.1, -0.05) is 141 Å². The maximum Gasteiger partial charge on any atom is 0.0468 e. The molecular weight excluding hydrogens is 699 g/mol. The molecule has 0 aromatic heterocycles. The molecule has 58 heavy (non-hydrogen) atoms. The van der Waals surface area contributed by atoms with Gasteiger partial charge in [0.25, 0.3) is 0 Å². The Labute approximate surface area is 342 Å². The summed E-state index contributed by atoms with van der Waals surface area (Å²) in [4.78, 5) is 2.48. The first-order valence-corrected chi connectivity index (χ1v) is 21.8. The van der Waals surface area contributed by atoms with Crippen LogP contribution >= 0.6 is 0 Å². The van der Waals surface area contributed by atoms with Crippen molar-refractivity contribution < 1.29 is 0 Å². The molecule has 1 spiro atoms. The lowest BCUT2D eigenvalue weighted by Crippen LogP contribution is -2.55. The highest BCUT2D eigenvalue weighted by Crippen LogP contribution is 2.70. The Morgan fingerprint density at radius 1 is 0.414 bits per heavy atom. The highest BCUT2D eigenvalue weighted by molar-refractivity contribution is 6.08. The third-order valence-corrected chi connectivity index (χ3v) is 15.8. The van der Waals surface area contributed by atoms with Gasteiger partial charge in [-0.3, -0.25) is 0 Å². The van der Waals surface area contributed by atoms with Crippen LogP contribution < -0.4 is 4.90 Å². The minimum Gasteiger partial charge on any atom is -0.310 e. The van der Waals surface area contributed by atoms with Gasteiger partial charge >= 0.3 is 0 Å². The summed E-state index contributed by atoms with van der Waals surface area (Å²) in [5.74, 6) is 3.42. The minimum atomic E-state index is -0.0850. The molecule has 0 aliphatic heterocycles. The van der Waals surface area contributed by atoms with Crippen molar-refractivity contribution in [3.05, 3.63) is 186 Å². The van der Waals surface area contributed by atoms with Crippen LogP contribution in [0, 0.1) is 23.7 Å². The van der Waals surface area contributed by atoms with Gasteiger partial charge in [0.2, 0.25) is 0 Å². The van der Waals surface area contributed by atoms with E-state index >= 15 is 0 Å². The molecule has 14 rings (SSSR count). The Hall–Kier alpha value is -5.92. The molecule has 0 unspecified atom stereocenters. The predicted octanol–water partition coefficient (Wildman–Crippen LogP) is 15.2. The van der Waals surface area contributed by atoms with E-state index in [4.69, 9.17) is 0 Å². The van der Waals surface area contributed by atoms with E-state index in [9.17, 15) is 0 Å². The van der Waals surface area contributed by atoms with E-state index in [1.54, 1.807) is 11.1 Å². The Morgan fingerprint density at radius 2 is 1.00 bits per heavy atom. The first-order valence-electron chi connectivity index (χ1n) is 21.8. The van der Waals surface area contributed by atoms with Gasteiger partial charge in [-0.25, -0.2) is 0 Å². The van der Waals surface area contributed by atoms with Crippen molar-refractivity contribution in [2.45, 2.75) is 56.8 Å². The molecule has 1 nitrogen and oxygen atoms in total. The average Bonchev–Trinajstić information content (AvgIpc) is 3.68. The Morgan fingerprint density at radius 3 is 1.81 bits per heavy atom. The molecule has 6 aliphatic carbocycles. The highest BCUT2D eigenvalue weighted by atomic mass is 15.1. The van der Waals surface area contributed by atoms with Gasteiger partial charge < -0.3 is 4.90 Å². The molecule has 8 aromatic rings. The Bertz CT molecular complexity index is 2970.